The number of rotatable bonds is 4. The minimum absolute atomic E-state index is 0.426. The third-order valence-electron chi connectivity index (χ3n) is 5.02. The average Bonchev–Trinajstić information content (AvgIpc) is 2.99. The molecule has 4 aromatic rings. The van der Waals surface area contributed by atoms with Gasteiger partial charge >= 0.3 is 0 Å². The lowest BCUT2D eigenvalue weighted by Crippen LogP contribution is -2.20. The van der Waals surface area contributed by atoms with Crippen LogP contribution in [0.25, 0.3) is 10.8 Å². The molecular formula is C23H20Cl2N4S. The number of nitrogens with zero attached hydrogens (tertiary/aromatic N) is 2. The van der Waals surface area contributed by atoms with Crippen molar-refractivity contribution in [3.8, 4) is 0 Å². The Kier molecular flexibility index (Phi) is 5.95. The number of aromatic nitrogens is 2. The van der Waals surface area contributed by atoms with Gasteiger partial charge in [0, 0.05) is 0 Å². The molecule has 152 valence electrons. The second kappa shape index (κ2) is 8.64. The molecule has 0 aliphatic rings. The van der Waals surface area contributed by atoms with Crippen molar-refractivity contribution < 1.29 is 0 Å². The zero-order valence-electron chi connectivity index (χ0n) is 16.5. The molecule has 30 heavy (non-hydrogen) atoms. The molecule has 0 fully saturated rings. The minimum atomic E-state index is 0.426. The molecule has 0 atom stereocenters. The molecular weight excluding hydrogens is 435 g/mol. The second-order valence-electron chi connectivity index (χ2n) is 7.02. The number of benzene rings is 3. The first-order valence-corrected chi connectivity index (χ1v) is 10.6. The summed E-state index contributed by atoms with van der Waals surface area (Å²) in [6, 6.07) is 20.1. The lowest BCUT2D eigenvalue weighted by Gasteiger charge is -2.13. The molecule has 2 N–H and O–H groups in total. The molecule has 0 unspecified atom stereocenters. The molecule has 1 aromatic heterocycles. The highest BCUT2D eigenvalue weighted by atomic mass is 35.5. The van der Waals surface area contributed by atoms with E-state index in [9.17, 15) is 0 Å². The van der Waals surface area contributed by atoms with Crippen LogP contribution in [0.4, 0.5) is 11.4 Å². The van der Waals surface area contributed by atoms with E-state index in [0.29, 0.717) is 27.4 Å². The number of fused-ring (bicyclic) bond motifs is 1. The Morgan fingerprint density at radius 3 is 2.53 bits per heavy atom. The molecule has 0 radical (unpaired) electrons. The third kappa shape index (κ3) is 4.15. The lowest BCUT2D eigenvalue weighted by atomic mass is 10.0. The molecule has 3 aromatic carbocycles. The highest BCUT2D eigenvalue weighted by molar-refractivity contribution is 7.80. The Bertz CT molecular complexity index is 1240. The number of anilines is 2. The number of hydrogen-bond acceptors (Lipinski definition) is 2. The van der Waals surface area contributed by atoms with Crippen molar-refractivity contribution >= 4 is 62.7 Å². The Hall–Kier alpha value is -2.60. The average molecular weight is 455 g/mol. The summed E-state index contributed by atoms with van der Waals surface area (Å²) in [6.07, 6.45) is 0. The first kappa shape index (κ1) is 20.7. The van der Waals surface area contributed by atoms with Crippen LogP contribution in [0.2, 0.25) is 10.0 Å². The molecule has 4 nitrogen and oxygen atoms in total. The normalized spacial score (nSPS) is 10.9. The molecule has 0 amide bonds. The predicted molar refractivity (Wildman–Crippen MR) is 131 cm³/mol. The van der Waals surface area contributed by atoms with Crippen LogP contribution in [-0.2, 0) is 6.54 Å². The smallest absolute Gasteiger partial charge is 0.175 e. The highest BCUT2D eigenvalue weighted by Crippen LogP contribution is 2.30. The minimum Gasteiger partial charge on any atom is -0.331 e. The maximum atomic E-state index is 6.25. The monoisotopic (exact) mass is 454 g/mol. The van der Waals surface area contributed by atoms with E-state index in [2.05, 4.69) is 53.1 Å². The summed E-state index contributed by atoms with van der Waals surface area (Å²) < 4.78 is 1.99. The van der Waals surface area contributed by atoms with Gasteiger partial charge in [-0.15, -0.1) is 0 Å². The molecule has 7 heteroatoms. The van der Waals surface area contributed by atoms with Gasteiger partial charge in [0.1, 0.15) is 0 Å². The summed E-state index contributed by atoms with van der Waals surface area (Å²) in [5.41, 5.74) is 4.62. The van der Waals surface area contributed by atoms with Crippen LogP contribution < -0.4 is 10.6 Å². The topological polar surface area (TPSA) is 41.9 Å². The summed E-state index contributed by atoms with van der Waals surface area (Å²) in [6.45, 7) is 4.67. The maximum absolute atomic E-state index is 6.25. The van der Waals surface area contributed by atoms with E-state index in [0.717, 1.165) is 17.1 Å². The summed E-state index contributed by atoms with van der Waals surface area (Å²) in [5.74, 6) is 0. The van der Waals surface area contributed by atoms with E-state index < -0.39 is 0 Å². The third-order valence-corrected chi connectivity index (χ3v) is 6.04. The molecule has 0 aliphatic carbocycles. The van der Waals surface area contributed by atoms with E-state index in [1.807, 2.05) is 30.7 Å². The Morgan fingerprint density at radius 1 is 0.967 bits per heavy atom. The lowest BCUT2D eigenvalue weighted by molar-refractivity contribution is 0.662. The number of nitrogens with one attached hydrogen (secondary N) is 2. The van der Waals surface area contributed by atoms with Crippen LogP contribution in [-0.4, -0.2) is 14.9 Å². The van der Waals surface area contributed by atoms with Gasteiger partial charge in [-0.3, -0.25) is 4.68 Å². The number of aryl methyl sites for hydroxylation is 1. The maximum Gasteiger partial charge on any atom is 0.175 e. The highest BCUT2D eigenvalue weighted by Gasteiger charge is 2.15. The molecule has 0 bridgehead atoms. The Morgan fingerprint density at radius 2 is 1.70 bits per heavy atom. The van der Waals surface area contributed by atoms with Crippen molar-refractivity contribution in [2.75, 3.05) is 10.6 Å². The van der Waals surface area contributed by atoms with Crippen LogP contribution in [0, 0.1) is 13.8 Å². The van der Waals surface area contributed by atoms with Gasteiger partial charge in [0.25, 0.3) is 0 Å². The molecule has 0 spiro atoms. The van der Waals surface area contributed by atoms with Gasteiger partial charge < -0.3 is 10.6 Å². The fourth-order valence-corrected chi connectivity index (χ4v) is 4.05. The first-order valence-electron chi connectivity index (χ1n) is 9.46. The summed E-state index contributed by atoms with van der Waals surface area (Å²) >= 11 is 17.8. The Labute approximate surface area is 190 Å². The molecule has 4 rings (SSSR count). The number of thiocarbonyl (C=S) groups is 1. The van der Waals surface area contributed by atoms with Crippen LogP contribution >= 0.6 is 35.4 Å². The van der Waals surface area contributed by atoms with E-state index in [1.165, 1.54) is 16.3 Å². The van der Waals surface area contributed by atoms with Gasteiger partial charge in [-0.25, -0.2) is 0 Å². The van der Waals surface area contributed by atoms with Crippen molar-refractivity contribution in [2.45, 2.75) is 20.4 Å². The second-order valence-corrected chi connectivity index (χ2v) is 8.22. The van der Waals surface area contributed by atoms with Gasteiger partial charge in [-0.05, 0) is 54.5 Å². The van der Waals surface area contributed by atoms with Crippen molar-refractivity contribution in [2.24, 2.45) is 0 Å². The van der Waals surface area contributed by atoms with Crippen molar-refractivity contribution in [1.29, 1.82) is 0 Å². The summed E-state index contributed by atoms with van der Waals surface area (Å²) in [7, 11) is 0. The SMILES string of the molecule is Cc1nn(Cc2cccc3ccccc23)c(C)c1NC(=S)Nc1cccc(Cl)c1Cl. The van der Waals surface area contributed by atoms with Crippen LogP contribution in [0.15, 0.2) is 60.7 Å². The van der Waals surface area contributed by atoms with E-state index >= 15 is 0 Å². The zero-order valence-corrected chi connectivity index (χ0v) is 18.9. The standard InChI is InChI=1S/C23H20Cl2N4S/c1-14-22(27-23(30)26-20-12-6-11-19(24)21(20)25)15(2)29(28-14)13-17-9-5-8-16-7-3-4-10-18(16)17/h3-12H,13H2,1-2H3,(H2,26,27,30). The fraction of sp³-hybridized carbons (Fsp3) is 0.130. The van der Waals surface area contributed by atoms with Gasteiger partial charge in [-0.1, -0.05) is 71.7 Å². The van der Waals surface area contributed by atoms with Crippen molar-refractivity contribution in [3.05, 3.63) is 87.7 Å². The molecule has 1 heterocycles. The molecule has 0 aliphatic heterocycles. The van der Waals surface area contributed by atoms with Crippen LogP contribution in [0.3, 0.4) is 0 Å². The number of halogens is 2. The van der Waals surface area contributed by atoms with E-state index in [1.54, 1.807) is 6.07 Å². The first-order chi connectivity index (χ1) is 14.4. The van der Waals surface area contributed by atoms with Gasteiger partial charge in [0.2, 0.25) is 0 Å². The molecule has 0 saturated carbocycles. The van der Waals surface area contributed by atoms with Crippen molar-refractivity contribution in [1.82, 2.24) is 9.78 Å². The van der Waals surface area contributed by atoms with Gasteiger partial charge in [0.05, 0.1) is 39.4 Å². The number of hydrogen-bond donors (Lipinski definition) is 2. The summed E-state index contributed by atoms with van der Waals surface area (Å²) in [5, 5.41) is 14.9. The fourth-order valence-electron chi connectivity index (χ4n) is 3.49. The largest absolute Gasteiger partial charge is 0.331 e. The van der Waals surface area contributed by atoms with Gasteiger partial charge in [0.15, 0.2) is 5.11 Å². The predicted octanol–water partition coefficient (Wildman–Crippen LogP) is 6.82. The van der Waals surface area contributed by atoms with Crippen LogP contribution in [0.5, 0.6) is 0 Å². The summed E-state index contributed by atoms with van der Waals surface area (Å²) in [4.78, 5) is 0. The van der Waals surface area contributed by atoms with E-state index in [4.69, 9.17) is 40.5 Å². The Balaban J connectivity index is 1.56. The van der Waals surface area contributed by atoms with Gasteiger partial charge in [-0.2, -0.15) is 5.10 Å². The van der Waals surface area contributed by atoms with E-state index in [-0.39, 0.29) is 0 Å². The molecule has 0 saturated heterocycles. The zero-order chi connectivity index (χ0) is 21.3. The van der Waals surface area contributed by atoms with Crippen LogP contribution in [0.1, 0.15) is 17.0 Å². The van der Waals surface area contributed by atoms with Crippen molar-refractivity contribution in [3.63, 3.8) is 0 Å². The quantitative estimate of drug-likeness (QED) is 0.332.